The van der Waals surface area contributed by atoms with Gasteiger partial charge in [0.15, 0.2) is 5.82 Å². The van der Waals surface area contributed by atoms with E-state index in [0.29, 0.717) is 6.61 Å². The molecule has 1 aromatic heterocycles. The fraction of sp³-hybridized carbons (Fsp3) is 0.385. The SMILES string of the molecule is c1ccc(Cn2cnc(C3COCCN3)n2)cc1. The predicted molar refractivity (Wildman–Crippen MR) is 67.1 cm³/mol. The van der Waals surface area contributed by atoms with Crippen LogP contribution in [0.15, 0.2) is 36.7 Å². The molecule has 1 saturated heterocycles. The normalized spacial score (nSPS) is 19.9. The number of aromatic nitrogens is 3. The van der Waals surface area contributed by atoms with Crippen molar-refractivity contribution in [1.29, 1.82) is 0 Å². The molecule has 1 unspecified atom stereocenters. The smallest absolute Gasteiger partial charge is 0.169 e. The van der Waals surface area contributed by atoms with Gasteiger partial charge in [-0.1, -0.05) is 30.3 Å². The van der Waals surface area contributed by atoms with E-state index in [1.807, 2.05) is 22.9 Å². The molecule has 0 saturated carbocycles. The van der Waals surface area contributed by atoms with Crippen molar-refractivity contribution in [2.24, 2.45) is 0 Å². The molecule has 1 atom stereocenters. The molecule has 1 N–H and O–H groups in total. The zero-order valence-corrected chi connectivity index (χ0v) is 10.1. The Morgan fingerprint density at radius 1 is 1.33 bits per heavy atom. The van der Waals surface area contributed by atoms with Crippen molar-refractivity contribution in [3.05, 3.63) is 48.0 Å². The number of benzene rings is 1. The summed E-state index contributed by atoms with van der Waals surface area (Å²) in [5, 5.41) is 7.84. The minimum absolute atomic E-state index is 0.121. The third-order valence-corrected chi connectivity index (χ3v) is 2.97. The molecule has 0 radical (unpaired) electrons. The van der Waals surface area contributed by atoms with Gasteiger partial charge in [-0.3, -0.25) is 0 Å². The van der Waals surface area contributed by atoms with Gasteiger partial charge in [-0.15, -0.1) is 0 Å². The molecule has 94 valence electrons. The Bertz CT molecular complexity index is 491. The van der Waals surface area contributed by atoms with Crippen LogP contribution in [0.3, 0.4) is 0 Å². The topological polar surface area (TPSA) is 52.0 Å². The highest BCUT2D eigenvalue weighted by Gasteiger charge is 2.18. The van der Waals surface area contributed by atoms with Crippen molar-refractivity contribution in [1.82, 2.24) is 20.1 Å². The van der Waals surface area contributed by atoms with Crippen LogP contribution < -0.4 is 5.32 Å². The van der Waals surface area contributed by atoms with E-state index in [4.69, 9.17) is 4.74 Å². The zero-order chi connectivity index (χ0) is 12.2. The summed E-state index contributed by atoms with van der Waals surface area (Å²) in [6.07, 6.45) is 1.78. The number of rotatable bonds is 3. The third kappa shape index (κ3) is 2.57. The molecule has 1 aliphatic rings. The quantitative estimate of drug-likeness (QED) is 0.874. The Kier molecular flexibility index (Phi) is 3.34. The number of hydrogen-bond acceptors (Lipinski definition) is 4. The second kappa shape index (κ2) is 5.29. The number of ether oxygens (including phenoxy) is 1. The molecule has 5 heteroatoms. The average molecular weight is 244 g/mol. The highest BCUT2D eigenvalue weighted by Crippen LogP contribution is 2.11. The van der Waals surface area contributed by atoms with Crippen LogP contribution in [0.2, 0.25) is 0 Å². The van der Waals surface area contributed by atoms with Gasteiger partial charge in [-0.25, -0.2) is 9.67 Å². The number of nitrogens with zero attached hydrogens (tertiary/aromatic N) is 3. The molecule has 5 nitrogen and oxygen atoms in total. The summed E-state index contributed by atoms with van der Waals surface area (Å²) in [5.41, 5.74) is 1.22. The standard InChI is InChI=1S/C13H16N4O/c1-2-4-11(5-3-1)8-17-10-15-13(16-17)12-9-18-7-6-14-12/h1-5,10,12,14H,6-9H2. The molecule has 1 fully saturated rings. The maximum atomic E-state index is 5.41. The van der Waals surface area contributed by atoms with Gasteiger partial charge in [0.05, 0.1) is 25.8 Å². The summed E-state index contributed by atoms with van der Waals surface area (Å²) in [6.45, 7) is 3.02. The first-order valence-electron chi connectivity index (χ1n) is 6.16. The van der Waals surface area contributed by atoms with Crippen molar-refractivity contribution in [3.8, 4) is 0 Å². The van der Waals surface area contributed by atoms with Crippen LogP contribution in [-0.2, 0) is 11.3 Å². The van der Waals surface area contributed by atoms with Crippen LogP contribution in [0, 0.1) is 0 Å². The Morgan fingerprint density at radius 3 is 3.00 bits per heavy atom. The summed E-state index contributed by atoms with van der Waals surface area (Å²) in [6, 6.07) is 10.4. The van der Waals surface area contributed by atoms with Crippen LogP contribution in [0.4, 0.5) is 0 Å². The highest BCUT2D eigenvalue weighted by molar-refractivity contribution is 5.14. The Balaban J connectivity index is 1.69. The van der Waals surface area contributed by atoms with Crippen molar-refractivity contribution < 1.29 is 4.74 Å². The van der Waals surface area contributed by atoms with E-state index in [2.05, 4.69) is 27.5 Å². The molecule has 0 bridgehead atoms. The third-order valence-electron chi connectivity index (χ3n) is 2.97. The molecule has 0 spiro atoms. The van der Waals surface area contributed by atoms with Crippen molar-refractivity contribution in [3.63, 3.8) is 0 Å². The summed E-state index contributed by atoms with van der Waals surface area (Å²) in [4.78, 5) is 4.35. The van der Waals surface area contributed by atoms with Gasteiger partial charge in [0.2, 0.25) is 0 Å². The zero-order valence-electron chi connectivity index (χ0n) is 10.1. The first kappa shape index (κ1) is 11.4. The van der Waals surface area contributed by atoms with Gasteiger partial charge in [-0.05, 0) is 5.56 Å². The van der Waals surface area contributed by atoms with E-state index >= 15 is 0 Å². The first-order chi connectivity index (χ1) is 8.92. The van der Waals surface area contributed by atoms with Gasteiger partial charge in [0.25, 0.3) is 0 Å². The molecule has 1 aliphatic heterocycles. The molecule has 0 amide bonds. The van der Waals surface area contributed by atoms with Crippen molar-refractivity contribution >= 4 is 0 Å². The second-order valence-corrected chi connectivity index (χ2v) is 4.37. The Morgan fingerprint density at radius 2 is 2.22 bits per heavy atom. The molecule has 2 heterocycles. The predicted octanol–water partition coefficient (Wildman–Crippen LogP) is 0.987. The van der Waals surface area contributed by atoms with Crippen LogP contribution in [0.1, 0.15) is 17.4 Å². The lowest BCUT2D eigenvalue weighted by molar-refractivity contribution is 0.0742. The number of nitrogens with one attached hydrogen (secondary N) is 1. The molecule has 0 aliphatic carbocycles. The fourth-order valence-electron chi connectivity index (χ4n) is 2.05. The van der Waals surface area contributed by atoms with Crippen LogP contribution >= 0.6 is 0 Å². The maximum absolute atomic E-state index is 5.41. The lowest BCUT2D eigenvalue weighted by atomic mass is 10.2. The van der Waals surface area contributed by atoms with E-state index in [0.717, 1.165) is 25.5 Å². The van der Waals surface area contributed by atoms with Crippen LogP contribution in [0.5, 0.6) is 0 Å². The Labute approximate surface area is 106 Å². The minimum atomic E-state index is 0.121. The maximum Gasteiger partial charge on any atom is 0.169 e. The monoisotopic (exact) mass is 244 g/mol. The Hall–Kier alpha value is -1.72. The lowest BCUT2D eigenvalue weighted by Gasteiger charge is -2.20. The molecule has 2 aromatic rings. The second-order valence-electron chi connectivity index (χ2n) is 4.37. The van der Waals surface area contributed by atoms with E-state index in [1.165, 1.54) is 5.56 Å². The number of hydrogen-bond donors (Lipinski definition) is 1. The number of morpholine rings is 1. The molecule has 1 aromatic carbocycles. The van der Waals surface area contributed by atoms with E-state index in [1.54, 1.807) is 6.33 Å². The molecule has 18 heavy (non-hydrogen) atoms. The minimum Gasteiger partial charge on any atom is -0.378 e. The average Bonchev–Trinajstić information content (AvgIpc) is 2.89. The van der Waals surface area contributed by atoms with E-state index in [-0.39, 0.29) is 6.04 Å². The largest absolute Gasteiger partial charge is 0.378 e. The fourth-order valence-corrected chi connectivity index (χ4v) is 2.05. The summed E-state index contributed by atoms with van der Waals surface area (Å²) in [7, 11) is 0. The molecular formula is C13H16N4O. The van der Waals surface area contributed by atoms with Crippen molar-refractivity contribution in [2.75, 3.05) is 19.8 Å². The first-order valence-corrected chi connectivity index (χ1v) is 6.16. The van der Waals surface area contributed by atoms with Gasteiger partial charge in [0, 0.05) is 6.54 Å². The summed E-state index contributed by atoms with van der Waals surface area (Å²) >= 11 is 0. The lowest BCUT2D eigenvalue weighted by Crippen LogP contribution is -2.35. The molecular weight excluding hydrogens is 228 g/mol. The van der Waals surface area contributed by atoms with Gasteiger partial charge in [-0.2, -0.15) is 5.10 Å². The highest BCUT2D eigenvalue weighted by atomic mass is 16.5. The van der Waals surface area contributed by atoms with Crippen molar-refractivity contribution in [2.45, 2.75) is 12.6 Å². The van der Waals surface area contributed by atoms with Gasteiger partial charge in [0.1, 0.15) is 6.33 Å². The van der Waals surface area contributed by atoms with Crippen LogP contribution in [-0.4, -0.2) is 34.5 Å². The van der Waals surface area contributed by atoms with E-state index < -0.39 is 0 Å². The molecule has 3 rings (SSSR count). The van der Waals surface area contributed by atoms with Crippen LogP contribution in [0.25, 0.3) is 0 Å². The van der Waals surface area contributed by atoms with Gasteiger partial charge < -0.3 is 10.1 Å². The summed E-state index contributed by atoms with van der Waals surface area (Å²) in [5.74, 6) is 0.811. The summed E-state index contributed by atoms with van der Waals surface area (Å²) < 4.78 is 7.27. The van der Waals surface area contributed by atoms with Gasteiger partial charge >= 0.3 is 0 Å². The van der Waals surface area contributed by atoms with E-state index in [9.17, 15) is 0 Å².